The highest BCUT2D eigenvalue weighted by Crippen LogP contribution is 2.19. The smallest absolute Gasteiger partial charge is 0.317 e. The summed E-state index contributed by atoms with van der Waals surface area (Å²) in [5.74, 6) is 0. The molecule has 1 aromatic heterocycles. The Morgan fingerprint density at radius 3 is 2.55 bits per heavy atom. The second kappa shape index (κ2) is 5.80. The number of nitrogens with zero attached hydrogens (tertiary/aromatic N) is 3. The molecule has 20 heavy (non-hydrogen) atoms. The van der Waals surface area contributed by atoms with Crippen LogP contribution in [-0.4, -0.2) is 66.6 Å². The van der Waals surface area contributed by atoms with Crippen molar-refractivity contribution in [3.05, 3.63) is 11.9 Å². The van der Waals surface area contributed by atoms with Crippen molar-refractivity contribution in [1.82, 2.24) is 24.7 Å². The molecule has 0 radical (unpaired) electrons. The largest absolute Gasteiger partial charge is 0.338 e. The first kappa shape index (κ1) is 14.8. The second-order valence-corrected chi connectivity index (χ2v) is 6.49. The second-order valence-electron chi connectivity index (χ2n) is 4.59. The number of piperazine rings is 1. The third-order valence-electron chi connectivity index (χ3n) is 3.26. The lowest BCUT2D eigenvalue weighted by Gasteiger charge is -2.33. The molecule has 1 saturated heterocycles. The van der Waals surface area contributed by atoms with Crippen molar-refractivity contribution in [3.8, 4) is 0 Å². The van der Waals surface area contributed by atoms with Crippen molar-refractivity contribution in [3.63, 3.8) is 0 Å². The Labute approximate surface area is 118 Å². The third kappa shape index (κ3) is 2.78. The van der Waals surface area contributed by atoms with Gasteiger partial charge in [-0.2, -0.15) is 9.40 Å². The Kier molecular flexibility index (Phi) is 4.29. The van der Waals surface area contributed by atoms with E-state index in [1.54, 1.807) is 11.8 Å². The summed E-state index contributed by atoms with van der Waals surface area (Å²) in [5, 5.41) is 9.08. The van der Waals surface area contributed by atoms with Crippen molar-refractivity contribution in [2.24, 2.45) is 0 Å². The molecule has 1 fully saturated rings. The molecule has 0 bridgehead atoms. The van der Waals surface area contributed by atoms with Gasteiger partial charge >= 0.3 is 6.03 Å². The summed E-state index contributed by atoms with van der Waals surface area (Å²) in [7, 11) is -3.53. The maximum absolute atomic E-state index is 12.4. The highest BCUT2D eigenvalue weighted by Gasteiger charge is 2.31. The number of carbonyl (C=O) groups is 1. The third-order valence-corrected chi connectivity index (χ3v) is 5.27. The summed E-state index contributed by atoms with van der Waals surface area (Å²) in [6, 6.07) is -0.149. The maximum atomic E-state index is 12.4. The van der Waals surface area contributed by atoms with Gasteiger partial charge in [0.25, 0.3) is 0 Å². The van der Waals surface area contributed by atoms with E-state index in [9.17, 15) is 13.2 Å². The van der Waals surface area contributed by atoms with E-state index in [1.165, 1.54) is 10.5 Å². The number of urea groups is 1. The van der Waals surface area contributed by atoms with E-state index in [0.29, 0.717) is 38.4 Å². The molecule has 0 spiro atoms. The molecule has 2 N–H and O–H groups in total. The number of carbonyl (C=O) groups excluding carboxylic acids is 1. The molecule has 0 saturated carbocycles. The molecule has 9 heteroatoms. The van der Waals surface area contributed by atoms with Crippen molar-refractivity contribution in [2.75, 3.05) is 32.7 Å². The van der Waals surface area contributed by atoms with Gasteiger partial charge in [0.05, 0.1) is 11.9 Å². The molecule has 0 aromatic carbocycles. The SMILES string of the molecule is CCNC(=O)N1CCN(S(=O)(=O)c2cn[nH]c2C)CC1. The molecule has 1 aromatic rings. The number of hydrogen-bond acceptors (Lipinski definition) is 4. The lowest BCUT2D eigenvalue weighted by molar-refractivity contribution is 0.173. The first-order chi connectivity index (χ1) is 9.46. The number of aromatic nitrogens is 2. The molecular weight excluding hydrogens is 282 g/mol. The normalized spacial score (nSPS) is 17.2. The van der Waals surface area contributed by atoms with Gasteiger partial charge in [-0.15, -0.1) is 0 Å². The molecule has 0 unspecified atom stereocenters. The molecule has 1 aliphatic heterocycles. The van der Waals surface area contributed by atoms with Gasteiger partial charge in [0, 0.05) is 32.7 Å². The van der Waals surface area contributed by atoms with Crippen molar-refractivity contribution in [2.45, 2.75) is 18.7 Å². The highest BCUT2D eigenvalue weighted by atomic mass is 32.2. The Balaban J connectivity index is 2.04. The first-order valence-corrected chi connectivity index (χ1v) is 7.93. The Morgan fingerprint density at radius 2 is 2.05 bits per heavy atom. The zero-order chi connectivity index (χ0) is 14.8. The van der Waals surface area contributed by atoms with E-state index in [2.05, 4.69) is 15.5 Å². The zero-order valence-corrected chi connectivity index (χ0v) is 12.4. The summed E-state index contributed by atoms with van der Waals surface area (Å²) in [6.07, 6.45) is 1.32. The van der Waals surface area contributed by atoms with Crippen LogP contribution in [0.1, 0.15) is 12.6 Å². The van der Waals surface area contributed by atoms with Crippen molar-refractivity contribution >= 4 is 16.1 Å². The fourth-order valence-electron chi connectivity index (χ4n) is 2.13. The molecule has 0 aliphatic carbocycles. The summed E-state index contributed by atoms with van der Waals surface area (Å²) in [5.41, 5.74) is 0.524. The number of amides is 2. The summed E-state index contributed by atoms with van der Waals surface area (Å²) in [4.78, 5) is 13.5. The van der Waals surface area contributed by atoms with E-state index in [-0.39, 0.29) is 10.9 Å². The molecule has 2 heterocycles. The quantitative estimate of drug-likeness (QED) is 0.804. The fraction of sp³-hybridized carbons (Fsp3) is 0.636. The minimum absolute atomic E-state index is 0.149. The minimum atomic E-state index is -3.53. The average molecular weight is 301 g/mol. The van der Waals surface area contributed by atoms with Crippen LogP contribution in [0.25, 0.3) is 0 Å². The van der Waals surface area contributed by atoms with Gasteiger partial charge in [0.1, 0.15) is 4.90 Å². The van der Waals surface area contributed by atoms with Gasteiger partial charge in [-0.3, -0.25) is 5.10 Å². The van der Waals surface area contributed by atoms with Crippen LogP contribution in [0.4, 0.5) is 4.79 Å². The van der Waals surface area contributed by atoms with E-state index in [0.717, 1.165) is 0 Å². The molecule has 2 rings (SSSR count). The molecule has 2 amide bonds. The number of rotatable bonds is 3. The lowest BCUT2D eigenvalue weighted by atomic mass is 10.4. The first-order valence-electron chi connectivity index (χ1n) is 6.49. The summed E-state index contributed by atoms with van der Waals surface area (Å²) >= 11 is 0. The number of hydrogen-bond donors (Lipinski definition) is 2. The van der Waals surface area contributed by atoms with Crippen LogP contribution in [0.3, 0.4) is 0 Å². The van der Waals surface area contributed by atoms with Crippen molar-refractivity contribution < 1.29 is 13.2 Å². The van der Waals surface area contributed by atoms with Crippen LogP contribution in [0.5, 0.6) is 0 Å². The Hall–Kier alpha value is -1.61. The molecule has 1 aliphatic rings. The van der Waals surface area contributed by atoms with Crippen LogP contribution in [-0.2, 0) is 10.0 Å². The van der Waals surface area contributed by atoms with E-state index in [1.807, 2.05) is 6.92 Å². The van der Waals surface area contributed by atoms with Gasteiger partial charge in [0.15, 0.2) is 0 Å². The number of nitrogens with one attached hydrogen (secondary N) is 2. The number of H-pyrrole nitrogens is 1. The molecule has 8 nitrogen and oxygen atoms in total. The minimum Gasteiger partial charge on any atom is -0.338 e. The van der Waals surface area contributed by atoms with Gasteiger partial charge < -0.3 is 10.2 Å². The monoisotopic (exact) mass is 301 g/mol. The highest BCUT2D eigenvalue weighted by molar-refractivity contribution is 7.89. The predicted molar refractivity (Wildman–Crippen MR) is 72.7 cm³/mol. The Morgan fingerprint density at radius 1 is 1.40 bits per heavy atom. The van der Waals surface area contributed by atoms with Gasteiger partial charge in [-0.1, -0.05) is 0 Å². The maximum Gasteiger partial charge on any atom is 0.317 e. The van der Waals surface area contributed by atoms with E-state index < -0.39 is 10.0 Å². The average Bonchev–Trinajstić information content (AvgIpc) is 2.86. The topological polar surface area (TPSA) is 98.4 Å². The number of aryl methyl sites for hydroxylation is 1. The fourth-order valence-corrected chi connectivity index (χ4v) is 3.67. The summed E-state index contributed by atoms with van der Waals surface area (Å²) < 4.78 is 26.2. The number of sulfonamides is 1. The van der Waals surface area contributed by atoms with Crippen LogP contribution >= 0.6 is 0 Å². The summed E-state index contributed by atoms with van der Waals surface area (Å²) in [6.45, 7) is 5.45. The number of aromatic amines is 1. The molecular formula is C11H19N5O3S. The standard InChI is InChI=1S/C11H19N5O3S/c1-3-12-11(17)15-4-6-16(7-5-15)20(18,19)10-8-13-14-9(10)2/h8H,3-7H2,1-2H3,(H,12,17)(H,13,14). The molecule has 112 valence electrons. The predicted octanol–water partition coefficient (Wildman–Crippen LogP) is -0.246. The lowest BCUT2D eigenvalue weighted by Crippen LogP contribution is -2.53. The zero-order valence-electron chi connectivity index (χ0n) is 11.6. The Bertz CT molecular complexity index is 575. The van der Waals surface area contributed by atoms with E-state index >= 15 is 0 Å². The van der Waals surface area contributed by atoms with Crippen LogP contribution < -0.4 is 5.32 Å². The van der Waals surface area contributed by atoms with Crippen LogP contribution in [0.15, 0.2) is 11.1 Å². The van der Waals surface area contributed by atoms with E-state index in [4.69, 9.17) is 0 Å². The van der Waals surface area contributed by atoms with Crippen molar-refractivity contribution in [1.29, 1.82) is 0 Å². The van der Waals surface area contributed by atoms with Crippen LogP contribution in [0, 0.1) is 6.92 Å². The van der Waals surface area contributed by atoms with Crippen LogP contribution in [0.2, 0.25) is 0 Å². The van der Waals surface area contributed by atoms with Gasteiger partial charge in [-0.25, -0.2) is 13.2 Å². The van der Waals surface area contributed by atoms with Gasteiger partial charge in [0.2, 0.25) is 10.0 Å². The molecule has 0 atom stereocenters. The van der Waals surface area contributed by atoms with Gasteiger partial charge in [-0.05, 0) is 13.8 Å².